The van der Waals surface area contributed by atoms with E-state index in [1.807, 2.05) is 28.1 Å². The lowest BCUT2D eigenvalue weighted by atomic mass is 9.92. The zero-order valence-electron chi connectivity index (χ0n) is 18.1. The molecular weight excluding hydrogens is 394 g/mol. The Balaban J connectivity index is 1.44. The second-order valence-corrected chi connectivity index (χ2v) is 9.55. The molecule has 2 aromatic rings. The van der Waals surface area contributed by atoms with Crippen molar-refractivity contribution in [3.63, 3.8) is 0 Å². The molecule has 1 aromatic carbocycles. The number of carbonyl (C=O) groups is 2. The third kappa shape index (κ3) is 4.30. The molecule has 0 spiro atoms. The van der Waals surface area contributed by atoms with Crippen molar-refractivity contribution in [1.82, 2.24) is 14.7 Å². The van der Waals surface area contributed by atoms with Crippen LogP contribution in [-0.4, -0.2) is 65.3 Å². The molecule has 4 rings (SSSR count). The van der Waals surface area contributed by atoms with Gasteiger partial charge in [-0.05, 0) is 42.8 Å². The zero-order chi connectivity index (χ0) is 21.3. The number of rotatable bonds is 4. The van der Waals surface area contributed by atoms with Crippen LogP contribution in [0.1, 0.15) is 47.9 Å². The molecule has 2 aliphatic rings. The summed E-state index contributed by atoms with van der Waals surface area (Å²) in [5.41, 5.74) is 3.96. The third-order valence-electron chi connectivity index (χ3n) is 6.46. The lowest BCUT2D eigenvalue weighted by Crippen LogP contribution is -2.55. The highest BCUT2D eigenvalue weighted by Gasteiger charge is 2.31. The van der Waals surface area contributed by atoms with Crippen molar-refractivity contribution >= 4 is 23.2 Å². The normalized spacial score (nSPS) is 22.1. The number of carbonyl (C=O) groups excluding carboxylic acids is 2. The fourth-order valence-corrected chi connectivity index (χ4v) is 5.70. The lowest BCUT2D eigenvalue weighted by Gasteiger charge is -2.40. The van der Waals surface area contributed by atoms with Crippen LogP contribution in [0.3, 0.4) is 0 Å². The van der Waals surface area contributed by atoms with Gasteiger partial charge < -0.3 is 9.80 Å². The second-order valence-electron chi connectivity index (χ2n) is 8.55. The summed E-state index contributed by atoms with van der Waals surface area (Å²) in [7, 11) is 0. The summed E-state index contributed by atoms with van der Waals surface area (Å²) in [6, 6.07) is 11.4. The van der Waals surface area contributed by atoms with Crippen molar-refractivity contribution in [1.29, 1.82) is 0 Å². The van der Waals surface area contributed by atoms with E-state index in [0.717, 1.165) is 19.5 Å². The highest BCUT2D eigenvalue weighted by Crippen LogP contribution is 2.37. The molecule has 6 heteroatoms. The maximum atomic E-state index is 12.9. The predicted molar refractivity (Wildman–Crippen MR) is 121 cm³/mol. The van der Waals surface area contributed by atoms with E-state index in [2.05, 4.69) is 47.5 Å². The average molecular weight is 426 g/mol. The molecule has 1 fully saturated rings. The summed E-state index contributed by atoms with van der Waals surface area (Å²) in [5, 5.41) is 2.19. The first-order valence-corrected chi connectivity index (χ1v) is 11.7. The summed E-state index contributed by atoms with van der Waals surface area (Å²) in [4.78, 5) is 32.4. The van der Waals surface area contributed by atoms with Crippen LogP contribution in [0.2, 0.25) is 0 Å². The molecule has 1 aromatic heterocycles. The van der Waals surface area contributed by atoms with E-state index in [-0.39, 0.29) is 23.9 Å². The van der Waals surface area contributed by atoms with E-state index < -0.39 is 0 Å². The van der Waals surface area contributed by atoms with E-state index in [9.17, 15) is 9.59 Å². The first-order chi connectivity index (χ1) is 14.4. The van der Waals surface area contributed by atoms with Crippen molar-refractivity contribution in [3.8, 4) is 0 Å². The summed E-state index contributed by atoms with van der Waals surface area (Å²) in [6.07, 6.45) is 1.58. The highest BCUT2D eigenvalue weighted by molar-refractivity contribution is 7.10. The summed E-state index contributed by atoms with van der Waals surface area (Å²) in [6.45, 7) is 9.39. The number of hydrogen-bond acceptors (Lipinski definition) is 4. The number of thiophene rings is 1. The minimum Gasteiger partial charge on any atom is -0.339 e. The number of hydrogen-bond donors (Lipinski definition) is 0. The van der Waals surface area contributed by atoms with Gasteiger partial charge in [-0.25, -0.2) is 0 Å². The minimum atomic E-state index is 0.0869. The molecule has 2 unspecified atom stereocenters. The number of benzene rings is 1. The van der Waals surface area contributed by atoms with Crippen LogP contribution in [0.15, 0.2) is 35.7 Å². The maximum absolute atomic E-state index is 12.9. The molecule has 0 N–H and O–H groups in total. The van der Waals surface area contributed by atoms with Crippen LogP contribution in [0, 0.1) is 6.92 Å². The molecule has 0 bridgehead atoms. The molecule has 1 saturated heterocycles. The molecule has 0 radical (unpaired) electrons. The van der Waals surface area contributed by atoms with Crippen LogP contribution < -0.4 is 0 Å². The Hall–Kier alpha value is -2.18. The Kier molecular flexibility index (Phi) is 6.25. The van der Waals surface area contributed by atoms with Crippen molar-refractivity contribution in [2.24, 2.45) is 0 Å². The van der Waals surface area contributed by atoms with Gasteiger partial charge in [-0.15, -0.1) is 11.3 Å². The van der Waals surface area contributed by atoms with Crippen molar-refractivity contribution in [2.75, 3.05) is 32.7 Å². The molecule has 0 aliphatic carbocycles. The van der Waals surface area contributed by atoms with E-state index in [1.54, 1.807) is 6.92 Å². The van der Waals surface area contributed by atoms with E-state index in [1.165, 1.54) is 21.6 Å². The first-order valence-electron chi connectivity index (χ1n) is 10.9. The van der Waals surface area contributed by atoms with Crippen LogP contribution >= 0.6 is 11.3 Å². The molecule has 2 atom stereocenters. The molecular formula is C24H31N3O2S. The molecule has 30 heavy (non-hydrogen) atoms. The highest BCUT2D eigenvalue weighted by atomic mass is 32.1. The van der Waals surface area contributed by atoms with Crippen LogP contribution in [0.25, 0.3) is 0 Å². The number of piperazine rings is 1. The van der Waals surface area contributed by atoms with Gasteiger partial charge in [-0.3, -0.25) is 14.5 Å². The summed E-state index contributed by atoms with van der Waals surface area (Å²) in [5.74, 6) is 0.291. The monoisotopic (exact) mass is 425 g/mol. The van der Waals surface area contributed by atoms with Gasteiger partial charge in [0.15, 0.2) is 0 Å². The molecule has 2 amide bonds. The van der Waals surface area contributed by atoms with Crippen molar-refractivity contribution in [3.05, 3.63) is 57.3 Å². The quantitative estimate of drug-likeness (QED) is 0.753. The Morgan fingerprint density at radius 3 is 2.57 bits per heavy atom. The molecule has 3 heterocycles. The van der Waals surface area contributed by atoms with Crippen molar-refractivity contribution in [2.45, 2.75) is 45.7 Å². The van der Waals surface area contributed by atoms with Gasteiger partial charge in [-0.1, -0.05) is 29.8 Å². The fourth-order valence-electron chi connectivity index (χ4n) is 4.80. The standard InChI is InChI=1S/C24H31N3O2S/c1-17-4-6-20(7-5-17)24-21-10-15-30-22(21)8-11-25(24)12-9-23(29)26-13-14-27(19(3)28)18(2)16-26/h4-7,10,15,18,24H,8-9,11-14,16H2,1-3H3. The van der Waals surface area contributed by atoms with Gasteiger partial charge in [0.05, 0.1) is 6.04 Å². The minimum absolute atomic E-state index is 0.0869. The Labute approximate surface area is 183 Å². The number of amides is 2. The number of aryl methyl sites for hydroxylation is 1. The molecule has 5 nitrogen and oxygen atoms in total. The lowest BCUT2D eigenvalue weighted by molar-refractivity contribution is -0.141. The maximum Gasteiger partial charge on any atom is 0.223 e. The average Bonchev–Trinajstić information content (AvgIpc) is 3.21. The van der Waals surface area contributed by atoms with Gasteiger partial charge in [0.25, 0.3) is 0 Å². The molecule has 160 valence electrons. The first kappa shape index (κ1) is 21.1. The number of fused-ring (bicyclic) bond motifs is 1. The Bertz CT molecular complexity index is 907. The second kappa shape index (κ2) is 8.90. The Morgan fingerprint density at radius 1 is 1.10 bits per heavy atom. The van der Waals surface area contributed by atoms with Gasteiger partial charge in [0.1, 0.15) is 0 Å². The van der Waals surface area contributed by atoms with E-state index in [4.69, 9.17) is 0 Å². The van der Waals surface area contributed by atoms with Crippen LogP contribution in [-0.2, 0) is 16.0 Å². The zero-order valence-corrected chi connectivity index (χ0v) is 19.0. The molecule has 2 aliphatic heterocycles. The van der Waals surface area contributed by atoms with Gasteiger partial charge in [0, 0.05) is 57.0 Å². The number of nitrogens with zero attached hydrogens (tertiary/aromatic N) is 3. The van der Waals surface area contributed by atoms with Gasteiger partial charge in [-0.2, -0.15) is 0 Å². The van der Waals surface area contributed by atoms with Gasteiger partial charge >= 0.3 is 0 Å². The van der Waals surface area contributed by atoms with E-state index in [0.29, 0.717) is 26.1 Å². The predicted octanol–water partition coefficient (Wildman–Crippen LogP) is 3.47. The van der Waals surface area contributed by atoms with E-state index >= 15 is 0 Å². The largest absolute Gasteiger partial charge is 0.339 e. The smallest absolute Gasteiger partial charge is 0.223 e. The molecule has 0 saturated carbocycles. The summed E-state index contributed by atoms with van der Waals surface area (Å²) < 4.78 is 0. The fraction of sp³-hybridized carbons (Fsp3) is 0.500. The SMILES string of the molecule is CC(=O)N1CCN(C(=O)CCN2CCc3sccc3C2c2ccc(C)cc2)CC1C. The topological polar surface area (TPSA) is 43.9 Å². The third-order valence-corrected chi connectivity index (χ3v) is 7.45. The van der Waals surface area contributed by atoms with Gasteiger partial charge in [0.2, 0.25) is 11.8 Å². The van der Waals surface area contributed by atoms with Crippen LogP contribution in [0.5, 0.6) is 0 Å². The Morgan fingerprint density at radius 2 is 1.87 bits per heavy atom. The summed E-state index contributed by atoms with van der Waals surface area (Å²) >= 11 is 1.84. The van der Waals surface area contributed by atoms with Crippen molar-refractivity contribution < 1.29 is 9.59 Å². The van der Waals surface area contributed by atoms with Crippen LogP contribution in [0.4, 0.5) is 0 Å².